The lowest BCUT2D eigenvalue weighted by Crippen LogP contribution is -2.10. The standard InChI is InChI=1S/C14H27NO/c1-2-3-4-5-6-7-14(16)9-8-13-10-11-15-12-13/h13,15H,2-12H2,1H3. The van der Waals surface area contributed by atoms with Crippen molar-refractivity contribution in [2.75, 3.05) is 13.1 Å². The minimum Gasteiger partial charge on any atom is -0.316 e. The van der Waals surface area contributed by atoms with E-state index in [2.05, 4.69) is 12.2 Å². The fourth-order valence-corrected chi connectivity index (χ4v) is 2.38. The normalized spacial score (nSPS) is 20.2. The Balaban J connectivity index is 1.90. The molecular weight excluding hydrogens is 198 g/mol. The fourth-order valence-electron chi connectivity index (χ4n) is 2.38. The number of hydrogen-bond donors (Lipinski definition) is 1. The zero-order valence-corrected chi connectivity index (χ0v) is 10.8. The van der Waals surface area contributed by atoms with Gasteiger partial charge in [-0.15, -0.1) is 0 Å². The summed E-state index contributed by atoms with van der Waals surface area (Å²) in [5.74, 6) is 1.26. The molecule has 0 amide bonds. The molecule has 16 heavy (non-hydrogen) atoms. The SMILES string of the molecule is CCCCCCCC(=O)CCC1CCNC1. The van der Waals surface area contributed by atoms with E-state index in [1.54, 1.807) is 0 Å². The van der Waals surface area contributed by atoms with E-state index in [0.717, 1.165) is 44.7 Å². The van der Waals surface area contributed by atoms with E-state index in [0.29, 0.717) is 5.78 Å². The molecule has 94 valence electrons. The highest BCUT2D eigenvalue weighted by molar-refractivity contribution is 5.78. The molecule has 2 nitrogen and oxygen atoms in total. The van der Waals surface area contributed by atoms with Crippen molar-refractivity contribution in [1.29, 1.82) is 0 Å². The number of ketones is 1. The third-order valence-corrected chi connectivity index (χ3v) is 3.55. The quantitative estimate of drug-likeness (QED) is 0.610. The third kappa shape index (κ3) is 6.26. The first-order valence-corrected chi connectivity index (χ1v) is 7.05. The van der Waals surface area contributed by atoms with Crippen LogP contribution in [0.4, 0.5) is 0 Å². The van der Waals surface area contributed by atoms with Crippen LogP contribution in [0, 0.1) is 5.92 Å². The Morgan fingerprint density at radius 3 is 2.69 bits per heavy atom. The summed E-state index contributed by atoms with van der Waals surface area (Å²) in [6.07, 6.45) is 10.3. The molecule has 0 aromatic carbocycles. The maximum absolute atomic E-state index is 11.6. The minimum absolute atomic E-state index is 0.489. The van der Waals surface area contributed by atoms with E-state index in [1.807, 2.05) is 0 Å². The molecule has 1 saturated heterocycles. The Hall–Kier alpha value is -0.370. The molecule has 1 aliphatic rings. The van der Waals surface area contributed by atoms with E-state index in [4.69, 9.17) is 0 Å². The molecule has 1 heterocycles. The number of nitrogens with one attached hydrogen (secondary N) is 1. The smallest absolute Gasteiger partial charge is 0.132 e. The van der Waals surface area contributed by atoms with Gasteiger partial charge in [0, 0.05) is 12.8 Å². The predicted molar refractivity (Wildman–Crippen MR) is 68.6 cm³/mol. The van der Waals surface area contributed by atoms with Crippen LogP contribution in [-0.2, 0) is 4.79 Å². The Kier molecular flexibility index (Phi) is 7.48. The zero-order valence-electron chi connectivity index (χ0n) is 10.8. The maximum atomic E-state index is 11.6. The highest BCUT2D eigenvalue weighted by Crippen LogP contribution is 2.16. The van der Waals surface area contributed by atoms with Crippen LogP contribution in [-0.4, -0.2) is 18.9 Å². The molecule has 1 N–H and O–H groups in total. The summed E-state index contributed by atoms with van der Waals surface area (Å²) in [5, 5.41) is 3.35. The molecule has 1 rings (SSSR count). The largest absolute Gasteiger partial charge is 0.316 e. The first kappa shape index (κ1) is 13.7. The molecule has 1 atom stereocenters. The van der Waals surface area contributed by atoms with Gasteiger partial charge in [-0.05, 0) is 38.3 Å². The summed E-state index contributed by atoms with van der Waals surface area (Å²) < 4.78 is 0. The number of carbonyl (C=O) groups excluding carboxylic acids is 1. The number of carbonyl (C=O) groups is 1. The topological polar surface area (TPSA) is 29.1 Å². The van der Waals surface area contributed by atoms with E-state index in [9.17, 15) is 4.79 Å². The second-order valence-electron chi connectivity index (χ2n) is 5.10. The molecule has 0 saturated carbocycles. The maximum Gasteiger partial charge on any atom is 0.132 e. The number of hydrogen-bond acceptors (Lipinski definition) is 2. The second-order valence-corrected chi connectivity index (χ2v) is 5.10. The summed E-state index contributed by atoms with van der Waals surface area (Å²) in [5.41, 5.74) is 0. The van der Waals surface area contributed by atoms with Gasteiger partial charge in [0.1, 0.15) is 5.78 Å². The summed E-state index contributed by atoms with van der Waals surface area (Å²) in [6, 6.07) is 0. The molecule has 1 unspecified atom stereocenters. The van der Waals surface area contributed by atoms with Gasteiger partial charge in [0.25, 0.3) is 0 Å². The summed E-state index contributed by atoms with van der Waals surface area (Å²) >= 11 is 0. The van der Waals surface area contributed by atoms with Crippen molar-refractivity contribution in [2.45, 2.75) is 64.7 Å². The number of rotatable bonds is 9. The first-order chi connectivity index (χ1) is 7.83. The highest BCUT2D eigenvalue weighted by Gasteiger charge is 2.15. The van der Waals surface area contributed by atoms with Crippen LogP contribution in [0.2, 0.25) is 0 Å². The van der Waals surface area contributed by atoms with Gasteiger partial charge in [-0.3, -0.25) is 4.79 Å². The van der Waals surface area contributed by atoms with Crippen molar-refractivity contribution >= 4 is 5.78 Å². The van der Waals surface area contributed by atoms with Gasteiger partial charge in [0.05, 0.1) is 0 Å². The number of unbranched alkanes of at least 4 members (excludes halogenated alkanes) is 4. The Labute approximate surface area is 100 Å². The van der Waals surface area contributed by atoms with Crippen molar-refractivity contribution in [1.82, 2.24) is 5.32 Å². The summed E-state index contributed by atoms with van der Waals surface area (Å²) in [4.78, 5) is 11.6. The lowest BCUT2D eigenvalue weighted by atomic mass is 9.98. The van der Waals surface area contributed by atoms with Crippen LogP contribution >= 0.6 is 0 Å². The monoisotopic (exact) mass is 225 g/mol. The lowest BCUT2D eigenvalue weighted by molar-refractivity contribution is -0.119. The van der Waals surface area contributed by atoms with Gasteiger partial charge in [0.15, 0.2) is 0 Å². The predicted octanol–water partition coefficient (Wildman–Crippen LogP) is 3.31. The Bertz CT molecular complexity index is 185. The van der Waals surface area contributed by atoms with Crippen molar-refractivity contribution in [3.05, 3.63) is 0 Å². The van der Waals surface area contributed by atoms with Crippen molar-refractivity contribution in [2.24, 2.45) is 5.92 Å². The third-order valence-electron chi connectivity index (χ3n) is 3.55. The molecule has 2 heteroatoms. The average molecular weight is 225 g/mol. The van der Waals surface area contributed by atoms with Crippen molar-refractivity contribution in [3.8, 4) is 0 Å². The Morgan fingerprint density at radius 2 is 2.00 bits per heavy atom. The Morgan fingerprint density at radius 1 is 1.19 bits per heavy atom. The zero-order chi connectivity index (χ0) is 11.6. The van der Waals surface area contributed by atoms with Gasteiger partial charge in [0.2, 0.25) is 0 Å². The molecule has 1 aliphatic heterocycles. The van der Waals surface area contributed by atoms with Gasteiger partial charge in [-0.2, -0.15) is 0 Å². The van der Waals surface area contributed by atoms with E-state index in [-0.39, 0.29) is 0 Å². The van der Waals surface area contributed by atoms with Crippen LogP contribution in [0.25, 0.3) is 0 Å². The summed E-state index contributed by atoms with van der Waals surface area (Å²) in [7, 11) is 0. The molecule has 0 aromatic heterocycles. The van der Waals surface area contributed by atoms with Crippen molar-refractivity contribution in [3.63, 3.8) is 0 Å². The van der Waals surface area contributed by atoms with Gasteiger partial charge < -0.3 is 5.32 Å². The van der Waals surface area contributed by atoms with Gasteiger partial charge in [-0.1, -0.05) is 32.6 Å². The molecule has 1 fully saturated rings. The molecule has 0 aliphatic carbocycles. The molecular formula is C14H27NO. The molecule has 0 radical (unpaired) electrons. The molecule has 0 spiro atoms. The molecule has 0 aromatic rings. The van der Waals surface area contributed by atoms with Crippen LogP contribution in [0.3, 0.4) is 0 Å². The van der Waals surface area contributed by atoms with E-state index in [1.165, 1.54) is 32.1 Å². The van der Waals surface area contributed by atoms with E-state index >= 15 is 0 Å². The van der Waals surface area contributed by atoms with Crippen LogP contribution < -0.4 is 5.32 Å². The molecule has 0 bridgehead atoms. The summed E-state index contributed by atoms with van der Waals surface area (Å²) in [6.45, 7) is 4.50. The first-order valence-electron chi connectivity index (χ1n) is 7.05. The highest BCUT2D eigenvalue weighted by atomic mass is 16.1. The number of Topliss-reactive ketones (excluding diaryl/α,β-unsaturated/α-hetero) is 1. The van der Waals surface area contributed by atoms with Gasteiger partial charge in [-0.25, -0.2) is 0 Å². The lowest BCUT2D eigenvalue weighted by Gasteiger charge is -2.06. The average Bonchev–Trinajstić information content (AvgIpc) is 2.79. The van der Waals surface area contributed by atoms with Crippen LogP contribution in [0.15, 0.2) is 0 Å². The van der Waals surface area contributed by atoms with Crippen LogP contribution in [0.5, 0.6) is 0 Å². The van der Waals surface area contributed by atoms with Crippen molar-refractivity contribution < 1.29 is 4.79 Å². The van der Waals surface area contributed by atoms with Gasteiger partial charge >= 0.3 is 0 Å². The minimum atomic E-state index is 0.489. The second kappa shape index (κ2) is 8.74. The fraction of sp³-hybridized carbons (Fsp3) is 0.929. The van der Waals surface area contributed by atoms with E-state index < -0.39 is 0 Å². The van der Waals surface area contributed by atoms with Crippen LogP contribution in [0.1, 0.15) is 64.7 Å².